The average molecular weight is 346 g/mol. The Morgan fingerprint density at radius 1 is 0.950 bits per heavy atom. The van der Waals surface area contributed by atoms with Gasteiger partial charge in [0, 0.05) is 15.7 Å². The molecule has 3 rings (SSSR count). The lowest BCUT2D eigenvalue weighted by Crippen LogP contribution is -1.99. The van der Waals surface area contributed by atoms with Crippen LogP contribution in [-0.2, 0) is 0 Å². The van der Waals surface area contributed by atoms with Gasteiger partial charge in [-0.05, 0) is 24.5 Å². The molecule has 0 amide bonds. The predicted molar refractivity (Wildman–Crippen MR) is 86.3 cm³/mol. The van der Waals surface area contributed by atoms with E-state index in [0.29, 0.717) is 0 Å². The second-order valence-corrected chi connectivity index (χ2v) is 5.79. The molecule has 0 saturated heterocycles. The van der Waals surface area contributed by atoms with Gasteiger partial charge in [0.05, 0.1) is 0 Å². The molecule has 3 aromatic rings. The number of thioether (sulfide) groups is 1. The van der Waals surface area contributed by atoms with Crippen LogP contribution >= 0.6 is 27.7 Å². The van der Waals surface area contributed by atoms with Crippen molar-refractivity contribution in [1.82, 2.24) is 14.8 Å². The van der Waals surface area contributed by atoms with Crippen LogP contribution in [0, 0.1) is 0 Å². The number of para-hydroxylation sites is 1. The van der Waals surface area contributed by atoms with Crippen molar-refractivity contribution in [3.05, 3.63) is 59.1 Å². The van der Waals surface area contributed by atoms with Gasteiger partial charge in [-0.3, -0.25) is 4.57 Å². The van der Waals surface area contributed by atoms with Crippen molar-refractivity contribution in [2.75, 3.05) is 6.26 Å². The lowest BCUT2D eigenvalue weighted by molar-refractivity contribution is 0.889. The highest BCUT2D eigenvalue weighted by atomic mass is 79.9. The van der Waals surface area contributed by atoms with Gasteiger partial charge in [0.25, 0.3) is 0 Å². The van der Waals surface area contributed by atoms with E-state index >= 15 is 0 Å². The first kappa shape index (κ1) is 13.4. The number of hydrogen-bond acceptors (Lipinski definition) is 3. The Kier molecular flexibility index (Phi) is 3.89. The Labute approximate surface area is 130 Å². The topological polar surface area (TPSA) is 30.7 Å². The number of hydrogen-bond donors (Lipinski definition) is 0. The minimum Gasteiger partial charge on any atom is -0.270 e. The fraction of sp³-hybridized carbons (Fsp3) is 0.0667. The molecule has 0 unspecified atom stereocenters. The lowest BCUT2D eigenvalue weighted by atomic mass is 10.2. The molecule has 0 aliphatic rings. The van der Waals surface area contributed by atoms with Gasteiger partial charge < -0.3 is 0 Å². The number of aromatic nitrogens is 3. The maximum absolute atomic E-state index is 4.36. The molecule has 20 heavy (non-hydrogen) atoms. The van der Waals surface area contributed by atoms with E-state index < -0.39 is 0 Å². The summed E-state index contributed by atoms with van der Waals surface area (Å²) < 4.78 is 3.09. The predicted octanol–water partition coefficient (Wildman–Crippen LogP) is 4.42. The van der Waals surface area contributed by atoms with E-state index in [4.69, 9.17) is 0 Å². The minimum absolute atomic E-state index is 0.841. The summed E-state index contributed by atoms with van der Waals surface area (Å²) >= 11 is 5.17. The molecule has 100 valence electrons. The Bertz CT molecular complexity index is 725. The molecule has 0 aliphatic carbocycles. The largest absolute Gasteiger partial charge is 0.270 e. The first-order chi connectivity index (χ1) is 9.81. The van der Waals surface area contributed by atoms with E-state index in [0.717, 1.165) is 26.7 Å². The van der Waals surface area contributed by atoms with Crippen molar-refractivity contribution >= 4 is 27.7 Å². The highest BCUT2D eigenvalue weighted by Gasteiger charge is 2.16. The van der Waals surface area contributed by atoms with E-state index in [-0.39, 0.29) is 0 Å². The number of benzene rings is 2. The molecule has 0 saturated carbocycles. The van der Waals surface area contributed by atoms with Gasteiger partial charge in [-0.2, -0.15) is 0 Å². The molecule has 1 heterocycles. The summed E-state index contributed by atoms with van der Waals surface area (Å²) in [4.78, 5) is 0. The quantitative estimate of drug-likeness (QED) is 0.658. The fourth-order valence-electron chi connectivity index (χ4n) is 2.03. The van der Waals surface area contributed by atoms with Crippen molar-refractivity contribution in [1.29, 1.82) is 0 Å². The summed E-state index contributed by atoms with van der Waals surface area (Å²) in [6.07, 6.45) is 2.01. The van der Waals surface area contributed by atoms with E-state index in [1.807, 2.05) is 48.7 Å². The molecule has 0 aliphatic heterocycles. The first-order valence-corrected chi connectivity index (χ1v) is 8.13. The van der Waals surface area contributed by atoms with Gasteiger partial charge in [-0.1, -0.05) is 64.1 Å². The Morgan fingerprint density at radius 3 is 2.35 bits per heavy atom. The molecule has 0 fully saturated rings. The third-order valence-corrected chi connectivity index (χ3v) is 4.27. The standard InChI is InChI=1S/C15H12BrN3S/c1-20-15-18-17-14(12-9-5-6-10-13(12)16)19(15)11-7-3-2-4-8-11/h2-10H,1H3. The second kappa shape index (κ2) is 5.81. The van der Waals surface area contributed by atoms with E-state index in [1.165, 1.54) is 0 Å². The highest BCUT2D eigenvalue weighted by molar-refractivity contribution is 9.10. The van der Waals surface area contributed by atoms with Crippen molar-refractivity contribution in [2.24, 2.45) is 0 Å². The Balaban J connectivity index is 2.24. The summed E-state index contributed by atoms with van der Waals surface area (Å²) in [7, 11) is 0. The molecule has 1 aromatic heterocycles. The zero-order valence-corrected chi connectivity index (χ0v) is 13.2. The van der Waals surface area contributed by atoms with E-state index in [9.17, 15) is 0 Å². The summed E-state index contributed by atoms with van der Waals surface area (Å²) in [5.74, 6) is 0.841. The molecule has 3 nitrogen and oxygen atoms in total. The highest BCUT2D eigenvalue weighted by Crippen LogP contribution is 2.31. The third-order valence-electron chi connectivity index (χ3n) is 2.95. The monoisotopic (exact) mass is 345 g/mol. The maximum atomic E-state index is 4.36. The molecule has 0 atom stereocenters. The Morgan fingerprint density at radius 2 is 1.65 bits per heavy atom. The Hall–Kier alpha value is -1.59. The number of halogens is 1. The van der Waals surface area contributed by atoms with Crippen LogP contribution in [0.25, 0.3) is 17.1 Å². The number of nitrogens with zero attached hydrogens (tertiary/aromatic N) is 3. The smallest absolute Gasteiger partial charge is 0.195 e. The van der Waals surface area contributed by atoms with Crippen LogP contribution in [0.4, 0.5) is 0 Å². The molecule has 0 bridgehead atoms. The average Bonchev–Trinajstić information content (AvgIpc) is 2.92. The van der Waals surface area contributed by atoms with Gasteiger partial charge in [0.1, 0.15) is 0 Å². The summed E-state index contributed by atoms with van der Waals surface area (Å²) in [5, 5.41) is 9.52. The molecular formula is C15H12BrN3S. The van der Waals surface area contributed by atoms with Crippen LogP contribution in [0.5, 0.6) is 0 Å². The van der Waals surface area contributed by atoms with Crippen molar-refractivity contribution < 1.29 is 0 Å². The molecular weight excluding hydrogens is 334 g/mol. The van der Waals surface area contributed by atoms with Crippen LogP contribution in [0.2, 0.25) is 0 Å². The SMILES string of the molecule is CSc1nnc(-c2ccccc2Br)n1-c1ccccc1. The van der Waals surface area contributed by atoms with Crippen LogP contribution in [0.3, 0.4) is 0 Å². The zero-order chi connectivity index (χ0) is 13.9. The normalized spacial score (nSPS) is 10.7. The van der Waals surface area contributed by atoms with E-state index in [1.54, 1.807) is 11.8 Å². The maximum Gasteiger partial charge on any atom is 0.195 e. The van der Waals surface area contributed by atoms with Crippen molar-refractivity contribution in [3.8, 4) is 17.1 Å². The fourth-order valence-corrected chi connectivity index (χ4v) is 2.99. The molecule has 5 heteroatoms. The van der Waals surface area contributed by atoms with Crippen LogP contribution in [0.15, 0.2) is 64.2 Å². The lowest BCUT2D eigenvalue weighted by Gasteiger charge is -2.10. The van der Waals surface area contributed by atoms with Crippen molar-refractivity contribution in [2.45, 2.75) is 5.16 Å². The van der Waals surface area contributed by atoms with Crippen LogP contribution in [-0.4, -0.2) is 21.0 Å². The van der Waals surface area contributed by atoms with Gasteiger partial charge >= 0.3 is 0 Å². The molecule has 0 radical (unpaired) electrons. The minimum atomic E-state index is 0.841. The summed E-state index contributed by atoms with van der Waals surface area (Å²) in [5.41, 5.74) is 2.09. The van der Waals surface area contributed by atoms with E-state index in [2.05, 4.69) is 42.8 Å². The van der Waals surface area contributed by atoms with Crippen LogP contribution < -0.4 is 0 Å². The van der Waals surface area contributed by atoms with Gasteiger partial charge in [-0.25, -0.2) is 0 Å². The summed E-state index contributed by atoms with van der Waals surface area (Å²) in [6, 6.07) is 18.2. The van der Waals surface area contributed by atoms with Crippen LogP contribution in [0.1, 0.15) is 0 Å². The zero-order valence-electron chi connectivity index (χ0n) is 10.8. The van der Waals surface area contributed by atoms with Gasteiger partial charge in [0.15, 0.2) is 11.0 Å². The van der Waals surface area contributed by atoms with Gasteiger partial charge in [0.2, 0.25) is 0 Å². The number of rotatable bonds is 3. The second-order valence-electron chi connectivity index (χ2n) is 4.16. The molecule has 0 spiro atoms. The first-order valence-electron chi connectivity index (χ1n) is 6.11. The summed E-state index contributed by atoms with van der Waals surface area (Å²) in [6.45, 7) is 0. The third kappa shape index (κ3) is 2.39. The van der Waals surface area contributed by atoms with Gasteiger partial charge in [-0.15, -0.1) is 10.2 Å². The van der Waals surface area contributed by atoms with Crippen molar-refractivity contribution in [3.63, 3.8) is 0 Å². The molecule has 2 aromatic carbocycles. The molecule has 0 N–H and O–H groups in total.